The van der Waals surface area contributed by atoms with Gasteiger partial charge in [-0.3, -0.25) is 0 Å². The molecule has 2 heterocycles. The summed E-state index contributed by atoms with van der Waals surface area (Å²) in [6.07, 6.45) is -4.15. The van der Waals surface area contributed by atoms with Gasteiger partial charge >= 0.3 is 6.18 Å². The Labute approximate surface area is 102 Å². The molecule has 7 heteroatoms. The maximum Gasteiger partial charge on any atom is 0.417 e. The Balaban J connectivity index is 2.12. The van der Waals surface area contributed by atoms with Crippen LogP contribution in [0.25, 0.3) is 0 Å². The minimum atomic E-state index is -4.38. The Morgan fingerprint density at radius 3 is 2.78 bits per heavy atom. The molecular weight excluding hydrogens is 247 g/mol. The molecule has 0 amide bonds. The first-order valence-corrected chi connectivity index (χ1v) is 5.30. The lowest BCUT2D eigenvalue weighted by atomic mass is 10.2. The maximum absolute atomic E-state index is 12.4. The average molecular weight is 257 g/mol. The zero-order chi connectivity index (χ0) is 13.2. The number of pyridine rings is 1. The number of anilines is 1. The topological polar surface area (TPSA) is 49.2 Å². The van der Waals surface area contributed by atoms with Crippen LogP contribution in [-0.4, -0.2) is 30.8 Å². The van der Waals surface area contributed by atoms with Gasteiger partial charge in [0.15, 0.2) is 6.10 Å². The predicted octanol–water partition coefficient (Wildman–Crippen LogP) is 1.83. The lowest BCUT2D eigenvalue weighted by Crippen LogP contribution is -2.42. The molecule has 1 atom stereocenters. The van der Waals surface area contributed by atoms with Crippen molar-refractivity contribution in [2.24, 2.45) is 0 Å². The van der Waals surface area contributed by atoms with Crippen molar-refractivity contribution in [2.45, 2.75) is 12.3 Å². The Hall–Kier alpha value is -1.81. The van der Waals surface area contributed by atoms with Gasteiger partial charge < -0.3 is 9.64 Å². The molecule has 0 radical (unpaired) electrons. The first kappa shape index (κ1) is 12.6. The molecular formula is C11H10F3N3O. The molecule has 1 unspecified atom stereocenters. The standard InChI is InChI=1S/C11H10F3N3O/c12-11(13,14)8-1-2-10(16-6-8)17-3-4-18-9(5-15)7-17/h1-2,6,9H,3-4,7H2. The van der Waals surface area contributed by atoms with Crippen LogP contribution in [0.15, 0.2) is 18.3 Å². The zero-order valence-corrected chi connectivity index (χ0v) is 9.31. The fraction of sp³-hybridized carbons (Fsp3) is 0.455. The van der Waals surface area contributed by atoms with Gasteiger partial charge in [-0.1, -0.05) is 0 Å². The molecule has 1 aromatic rings. The van der Waals surface area contributed by atoms with E-state index in [2.05, 4.69) is 4.98 Å². The number of nitrogens with zero attached hydrogens (tertiary/aromatic N) is 3. The first-order valence-electron chi connectivity index (χ1n) is 5.30. The summed E-state index contributed by atoms with van der Waals surface area (Å²) in [4.78, 5) is 5.51. The SMILES string of the molecule is N#CC1CN(c2ccc(C(F)(F)F)cn2)CCO1. The van der Waals surface area contributed by atoms with Gasteiger partial charge in [0.1, 0.15) is 5.82 Å². The van der Waals surface area contributed by atoms with Crippen LogP contribution in [0, 0.1) is 11.3 Å². The molecule has 0 spiro atoms. The summed E-state index contributed by atoms with van der Waals surface area (Å²) < 4.78 is 42.2. The Morgan fingerprint density at radius 1 is 1.44 bits per heavy atom. The average Bonchev–Trinajstić information content (AvgIpc) is 2.38. The number of ether oxygens (including phenoxy) is 1. The monoisotopic (exact) mass is 257 g/mol. The van der Waals surface area contributed by atoms with E-state index < -0.39 is 17.8 Å². The second-order valence-corrected chi connectivity index (χ2v) is 3.84. The second kappa shape index (κ2) is 4.82. The van der Waals surface area contributed by atoms with Gasteiger partial charge in [0.05, 0.1) is 24.8 Å². The molecule has 96 valence electrons. The summed E-state index contributed by atoms with van der Waals surface area (Å²) in [5.74, 6) is 0.423. The highest BCUT2D eigenvalue weighted by Gasteiger charge is 2.31. The summed E-state index contributed by atoms with van der Waals surface area (Å²) in [6, 6.07) is 4.26. The quantitative estimate of drug-likeness (QED) is 0.770. The van der Waals surface area contributed by atoms with Gasteiger partial charge in [-0.05, 0) is 12.1 Å². The van der Waals surface area contributed by atoms with Gasteiger partial charge in [-0.15, -0.1) is 0 Å². The third-order valence-corrected chi connectivity index (χ3v) is 2.61. The van der Waals surface area contributed by atoms with Crippen molar-refractivity contribution in [3.8, 4) is 6.07 Å². The van der Waals surface area contributed by atoms with Gasteiger partial charge in [-0.2, -0.15) is 18.4 Å². The second-order valence-electron chi connectivity index (χ2n) is 3.84. The molecule has 1 aromatic heterocycles. The van der Waals surface area contributed by atoms with E-state index in [0.29, 0.717) is 25.5 Å². The normalized spacial score (nSPS) is 20.6. The third kappa shape index (κ3) is 2.71. The lowest BCUT2D eigenvalue weighted by molar-refractivity contribution is -0.137. The highest BCUT2D eigenvalue weighted by molar-refractivity contribution is 5.40. The molecule has 2 rings (SSSR count). The summed E-state index contributed by atoms with van der Waals surface area (Å²) in [5, 5.41) is 8.74. The fourth-order valence-corrected chi connectivity index (χ4v) is 1.68. The minimum Gasteiger partial charge on any atom is -0.360 e. The maximum atomic E-state index is 12.4. The van der Waals surface area contributed by atoms with E-state index in [1.165, 1.54) is 6.07 Å². The number of halogens is 3. The number of morpholine rings is 1. The van der Waals surface area contributed by atoms with Crippen LogP contribution in [0.3, 0.4) is 0 Å². The number of rotatable bonds is 1. The molecule has 18 heavy (non-hydrogen) atoms. The molecule has 0 aromatic carbocycles. The van der Waals surface area contributed by atoms with Crippen molar-refractivity contribution in [1.82, 2.24) is 4.98 Å². The van der Waals surface area contributed by atoms with Crippen LogP contribution in [0.1, 0.15) is 5.56 Å². The molecule has 1 fully saturated rings. The van der Waals surface area contributed by atoms with E-state index in [4.69, 9.17) is 10.00 Å². The molecule has 0 aliphatic carbocycles. The zero-order valence-electron chi connectivity index (χ0n) is 9.31. The summed E-state index contributed by atoms with van der Waals surface area (Å²) in [5.41, 5.74) is -0.781. The Kier molecular flexibility index (Phi) is 3.39. The van der Waals surface area contributed by atoms with Crippen LogP contribution in [0.4, 0.5) is 19.0 Å². The summed E-state index contributed by atoms with van der Waals surface area (Å²) >= 11 is 0. The van der Waals surface area contributed by atoms with Crippen LogP contribution in [0.2, 0.25) is 0 Å². The van der Waals surface area contributed by atoms with Crippen LogP contribution >= 0.6 is 0 Å². The Bertz CT molecular complexity index is 452. The minimum absolute atomic E-state index is 0.314. The molecule has 1 aliphatic rings. The molecule has 1 aliphatic heterocycles. The van der Waals surface area contributed by atoms with Crippen molar-refractivity contribution in [1.29, 1.82) is 5.26 Å². The predicted molar refractivity (Wildman–Crippen MR) is 56.8 cm³/mol. The fourth-order valence-electron chi connectivity index (χ4n) is 1.68. The molecule has 0 N–H and O–H groups in total. The van der Waals surface area contributed by atoms with Crippen molar-refractivity contribution in [3.63, 3.8) is 0 Å². The van der Waals surface area contributed by atoms with Gasteiger partial charge in [-0.25, -0.2) is 4.98 Å². The van der Waals surface area contributed by atoms with Crippen LogP contribution in [0.5, 0.6) is 0 Å². The van der Waals surface area contributed by atoms with Crippen molar-refractivity contribution in [2.75, 3.05) is 24.6 Å². The summed E-state index contributed by atoms with van der Waals surface area (Å²) in [6.45, 7) is 1.19. The molecule has 0 bridgehead atoms. The largest absolute Gasteiger partial charge is 0.417 e. The first-order chi connectivity index (χ1) is 8.50. The van der Waals surface area contributed by atoms with Crippen LogP contribution in [-0.2, 0) is 10.9 Å². The van der Waals surface area contributed by atoms with E-state index in [0.717, 1.165) is 12.3 Å². The highest BCUT2D eigenvalue weighted by atomic mass is 19.4. The van der Waals surface area contributed by atoms with E-state index in [9.17, 15) is 13.2 Å². The number of aromatic nitrogens is 1. The number of nitriles is 1. The molecule has 0 saturated carbocycles. The van der Waals surface area contributed by atoms with Crippen molar-refractivity contribution in [3.05, 3.63) is 23.9 Å². The third-order valence-electron chi connectivity index (χ3n) is 2.61. The van der Waals surface area contributed by atoms with Gasteiger partial charge in [0, 0.05) is 12.7 Å². The van der Waals surface area contributed by atoms with Crippen molar-refractivity contribution < 1.29 is 17.9 Å². The number of alkyl halides is 3. The molecule has 1 saturated heterocycles. The smallest absolute Gasteiger partial charge is 0.360 e. The van der Waals surface area contributed by atoms with Gasteiger partial charge in [0.2, 0.25) is 0 Å². The van der Waals surface area contributed by atoms with Gasteiger partial charge in [0.25, 0.3) is 0 Å². The van der Waals surface area contributed by atoms with E-state index in [1.54, 1.807) is 4.90 Å². The van der Waals surface area contributed by atoms with E-state index in [1.807, 2.05) is 6.07 Å². The highest BCUT2D eigenvalue weighted by Crippen LogP contribution is 2.29. The van der Waals surface area contributed by atoms with E-state index >= 15 is 0 Å². The Morgan fingerprint density at radius 2 is 2.22 bits per heavy atom. The van der Waals surface area contributed by atoms with Crippen LogP contribution < -0.4 is 4.90 Å². The summed E-state index contributed by atoms with van der Waals surface area (Å²) in [7, 11) is 0. The molecule has 4 nitrogen and oxygen atoms in total. The van der Waals surface area contributed by atoms with Crippen molar-refractivity contribution >= 4 is 5.82 Å². The number of hydrogen-bond donors (Lipinski definition) is 0. The van der Waals surface area contributed by atoms with E-state index in [-0.39, 0.29) is 0 Å². The number of hydrogen-bond acceptors (Lipinski definition) is 4. The lowest BCUT2D eigenvalue weighted by Gasteiger charge is -2.30.